The number of nitrogens with zero attached hydrogens (tertiary/aromatic N) is 4. The molecule has 0 radical (unpaired) electrons. The summed E-state index contributed by atoms with van der Waals surface area (Å²) < 4.78 is 16.1. The maximum atomic E-state index is 5.40. The fourth-order valence-corrected chi connectivity index (χ4v) is 3.70. The number of H-pyrrole nitrogens is 1. The molecule has 1 aliphatic rings. The van der Waals surface area contributed by atoms with Crippen molar-refractivity contribution in [1.82, 2.24) is 25.8 Å². The zero-order valence-electron chi connectivity index (χ0n) is 18.6. The molecule has 3 heterocycles. The van der Waals surface area contributed by atoms with Gasteiger partial charge in [0.2, 0.25) is 5.82 Å². The minimum atomic E-state index is 0.332. The molecule has 0 saturated carbocycles. The molecule has 10 heteroatoms. The number of nitrogens with one attached hydrogen (secondary N) is 3. The predicted molar refractivity (Wildman–Crippen MR) is 122 cm³/mol. The van der Waals surface area contributed by atoms with Crippen molar-refractivity contribution in [2.75, 3.05) is 39.3 Å². The van der Waals surface area contributed by atoms with Crippen LogP contribution in [0.3, 0.4) is 0 Å². The van der Waals surface area contributed by atoms with Crippen LogP contribution in [-0.2, 0) is 6.54 Å². The van der Waals surface area contributed by atoms with Gasteiger partial charge in [0, 0.05) is 50.1 Å². The molecule has 3 aromatic rings. The first-order valence-electron chi connectivity index (χ1n) is 10.6. The van der Waals surface area contributed by atoms with E-state index >= 15 is 0 Å². The van der Waals surface area contributed by atoms with E-state index in [0.717, 1.165) is 49.1 Å². The smallest absolute Gasteiger partial charge is 0.216 e. The molecule has 0 aliphatic carbocycles. The van der Waals surface area contributed by atoms with Crippen LogP contribution >= 0.6 is 0 Å². The first-order chi connectivity index (χ1) is 15.7. The lowest BCUT2D eigenvalue weighted by atomic mass is 10.0. The summed E-state index contributed by atoms with van der Waals surface area (Å²) >= 11 is 0. The summed E-state index contributed by atoms with van der Waals surface area (Å²) in [5, 5.41) is 13.9. The molecule has 170 valence electrons. The van der Waals surface area contributed by atoms with Crippen molar-refractivity contribution in [2.24, 2.45) is 4.99 Å². The van der Waals surface area contributed by atoms with E-state index in [4.69, 9.17) is 13.9 Å². The summed E-state index contributed by atoms with van der Waals surface area (Å²) in [5.74, 6) is 4.22. The summed E-state index contributed by atoms with van der Waals surface area (Å²) in [5.41, 5.74) is 1.11. The number of furan rings is 1. The van der Waals surface area contributed by atoms with Crippen LogP contribution in [0.25, 0.3) is 11.6 Å². The van der Waals surface area contributed by atoms with Gasteiger partial charge in [0.25, 0.3) is 0 Å². The van der Waals surface area contributed by atoms with Crippen LogP contribution in [0.15, 0.2) is 46.0 Å². The molecule has 3 N–H and O–H groups in total. The summed E-state index contributed by atoms with van der Waals surface area (Å²) in [4.78, 5) is 11.1. The first kappa shape index (κ1) is 21.5. The highest BCUT2D eigenvalue weighted by Gasteiger charge is 2.21. The summed E-state index contributed by atoms with van der Waals surface area (Å²) in [6.07, 6.45) is 3.59. The average molecular weight is 440 g/mol. The van der Waals surface area contributed by atoms with E-state index in [0.29, 0.717) is 30.0 Å². The van der Waals surface area contributed by atoms with Crippen molar-refractivity contribution >= 4 is 11.6 Å². The molecule has 10 nitrogen and oxygen atoms in total. The Kier molecular flexibility index (Phi) is 6.78. The van der Waals surface area contributed by atoms with Gasteiger partial charge < -0.3 is 29.4 Å². The van der Waals surface area contributed by atoms with Crippen LogP contribution in [0, 0.1) is 0 Å². The molecule has 1 saturated heterocycles. The number of hydrogen-bond acceptors (Lipinski definition) is 7. The van der Waals surface area contributed by atoms with Gasteiger partial charge in [0.15, 0.2) is 11.7 Å². The molecule has 4 rings (SSSR count). The van der Waals surface area contributed by atoms with Gasteiger partial charge in [-0.3, -0.25) is 10.1 Å². The number of piperidine rings is 1. The van der Waals surface area contributed by atoms with E-state index in [2.05, 4.69) is 35.7 Å². The molecule has 0 unspecified atom stereocenters. The predicted octanol–water partition coefficient (Wildman–Crippen LogP) is 2.42. The lowest BCUT2D eigenvalue weighted by Crippen LogP contribution is -2.48. The van der Waals surface area contributed by atoms with Crippen molar-refractivity contribution in [3.8, 4) is 23.1 Å². The van der Waals surface area contributed by atoms with Crippen molar-refractivity contribution in [3.05, 3.63) is 42.4 Å². The summed E-state index contributed by atoms with van der Waals surface area (Å²) in [6, 6.07) is 9.95. The number of methoxy groups -OCH3 is 2. The third-order valence-corrected chi connectivity index (χ3v) is 5.46. The van der Waals surface area contributed by atoms with Gasteiger partial charge >= 0.3 is 0 Å². The molecule has 1 aliphatic heterocycles. The third-order valence-electron chi connectivity index (χ3n) is 5.46. The average Bonchev–Trinajstić information content (AvgIpc) is 3.54. The number of rotatable bonds is 7. The number of aromatic amines is 1. The monoisotopic (exact) mass is 439 g/mol. The van der Waals surface area contributed by atoms with Crippen LogP contribution in [0.5, 0.6) is 11.5 Å². The van der Waals surface area contributed by atoms with Crippen LogP contribution in [-0.4, -0.2) is 61.5 Å². The molecule has 0 spiro atoms. The fourth-order valence-electron chi connectivity index (χ4n) is 3.70. The standard InChI is InChI=1S/C22H29N7O3/c1-23-22(24-14-20-26-21(28-27-20)19-5-4-10-32-19)25-15-6-8-29(9-7-15)16-11-17(30-2)13-18(12-16)31-3/h4-5,10-13,15H,6-9,14H2,1-3H3,(H2,23,24,25)(H,26,27,28). The van der Waals surface area contributed by atoms with Crippen LogP contribution in [0.2, 0.25) is 0 Å². The normalized spacial score (nSPS) is 15.0. The molecular weight excluding hydrogens is 410 g/mol. The van der Waals surface area contributed by atoms with E-state index in [9.17, 15) is 0 Å². The highest BCUT2D eigenvalue weighted by Crippen LogP contribution is 2.30. The molecule has 1 aromatic carbocycles. The van der Waals surface area contributed by atoms with Crippen LogP contribution in [0.4, 0.5) is 5.69 Å². The van der Waals surface area contributed by atoms with Gasteiger partial charge in [-0.15, -0.1) is 5.10 Å². The van der Waals surface area contributed by atoms with E-state index in [1.807, 2.05) is 30.3 Å². The van der Waals surface area contributed by atoms with Crippen molar-refractivity contribution < 1.29 is 13.9 Å². The van der Waals surface area contributed by atoms with E-state index in [-0.39, 0.29) is 0 Å². The van der Waals surface area contributed by atoms with E-state index < -0.39 is 0 Å². The topological polar surface area (TPSA) is 113 Å². The largest absolute Gasteiger partial charge is 0.497 e. The molecule has 2 aromatic heterocycles. The Balaban J connectivity index is 1.28. The van der Waals surface area contributed by atoms with Gasteiger partial charge in [-0.25, -0.2) is 4.98 Å². The second-order valence-corrected chi connectivity index (χ2v) is 7.49. The van der Waals surface area contributed by atoms with Gasteiger partial charge in [-0.05, 0) is 25.0 Å². The van der Waals surface area contributed by atoms with Crippen molar-refractivity contribution in [1.29, 1.82) is 0 Å². The fraction of sp³-hybridized carbons (Fsp3) is 0.409. The lowest BCUT2D eigenvalue weighted by molar-refractivity contribution is 0.393. The number of hydrogen-bond donors (Lipinski definition) is 3. The number of ether oxygens (including phenoxy) is 2. The zero-order chi connectivity index (χ0) is 22.3. The van der Waals surface area contributed by atoms with Gasteiger partial charge in [0.1, 0.15) is 17.3 Å². The Hall–Kier alpha value is -3.69. The zero-order valence-corrected chi connectivity index (χ0v) is 18.6. The van der Waals surface area contributed by atoms with Crippen LogP contribution in [0.1, 0.15) is 18.7 Å². The number of anilines is 1. The highest BCUT2D eigenvalue weighted by atomic mass is 16.5. The Morgan fingerprint density at radius 1 is 1.22 bits per heavy atom. The van der Waals surface area contributed by atoms with E-state index in [1.54, 1.807) is 27.5 Å². The lowest BCUT2D eigenvalue weighted by Gasteiger charge is -2.34. The summed E-state index contributed by atoms with van der Waals surface area (Å²) in [6.45, 7) is 2.34. The van der Waals surface area contributed by atoms with Crippen LogP contribution < -0.4 is 25.0 Å². The Bertz CT molecular complexity index is 1000. The quantitative estimate of drug-likeness (QED) is 0.380. The molecule has 0 atom stereocenters. The first-order valence-corrected chi connectivity index (χ1v) is 10.6. The molecule has 0 bridgehead atoms. The van der Waals surface area contributed by atoms with Gasteiger partial charge in [0.05, 0.1) is 27.0 Å². The SMILES string of the molecule is CN=C(NCc1nc(-c2ccco2)n[nH]1)NC1CCN(c2cc(OC)cc(OC)c2)CC1. The van der Waals surface area contributed by atoms with Gasteiger partial charge in [-0.1, -0.05) is 0 Å². The number of benzene rings is 1. The maximum Gasteiger partial charge on any atom is 0.216 e. The maximum absolute atomic E-state index is 5.40. The second kappa shape index (κ2) is 10.1. The Morgan fingerprint density at radius 2 is 1.97 bits per heavy atom. The van der Waals surface area contributed by atoms with E-state index in [1.165, 1.54) is 0 Å². The Morgan fingerprint density at radius 3 is 2.59 bits per heavy atom. The minimum Gasteiger partial charge on any atom is -0.497 e. The molecule has 1 fully saturated rings. The minimum absolute atomic E-state index is 0.332. The second-order valence-electron chi connectivity index (χ2n) is 7.49. The highest BCUT2D eigenvalue weighted by molar-refractivity contribution is 5.79. The van der Waals surface area contributed by atoms with Crippen molar-refractivity contribution in [2.45, 2.75) is 25.4 Å². The molecule has 0 amide bonds. The Labute approximate surface area is 187 Å². The third kappa shape index (κ3) is 5.13. The molecular formula is C22H29N7O3. The number of guanidine groups is 1. The number of aliphatic imine (C=N–C) groups is 1. The summed E-state index contributed by atoms with van der Waals surface area (Å²) in [7, 11) is 5.11. The number of aromatic nitrogens is 3. The molecule has 32 heavy (non-hydrogen) atoms. The van der Waals surface area contributed by atoms with Gasteiger partial charge in [-0.2, -0.15) is 0 Å². The van der Waals surface area contributed by atoms with Crippen molar-refractivity contribution in [3.63, 3.8) is 0 Å².